The van der Waals surface area contributed by atoms with Crippen LogP contribution in [0.5, 0.6) is 0 Å². The first-order chi connectivity index (χ1) is 6.24. The van der Waals surface area contributed by atoms with Gasteiger partial charge in [-0.25, -0.2) is 0 Å². The van der Waals surface area contributed by atoms with E-state index in [1.807, 2.05) is 30.3 Å². The molecule has 0 amide bonds. The second-order valence-electron chi connectivity index (χ2n) is 2.20. The van der Waals surface area contributed by atoms with Crippen LogP contribution >= 0.6 is 44.1 Å². The summed E-state index contributed by atoms with van der Waals surface area (Å²) in [5, 5.41) is 2.35. The van der Waals surface area contributed by atoms with Gasteiger partial charge in [0.15, 0.2) is 0 Å². The third-order valence-corrected chi connectivity index (χ3v) is 1.92. The molecule has 0 fully saturated rings. The molecule has 0 unspecified atom stereocenters. The topological polar surface area (TPSA) is 12.4 Å². The van der Waals surface area contributed by atoms with Crippen LogP contribution in [-0.4, -0.2) is 5.16 Å². The van der Waals surface area contributed by atoms with Crippen molar-refractivity contribution in [3.05, 3.63) is 33.2 Å². The number of hydrogen-bond donors (Lipinski definition) is 0. The van der Waals surface area contributed by atoms with Gasteiger partial charge in [-0.15, -0.1) is 0 Å². The SMILES string of the molecule is S=C=Nc1ccccc1C=C(Br)Br. The van der Waals surface area contributed by atoms with Crippen molar-refractivity contribution in [3.8, 4) is 0 Å². The van der Waals surface area contributed by atoms with E-state index >= 15 is 0 Å². The number of isothiocyanates is 1. The van der Waals surface area contributed by atoms with E-state index in [0.29, 0.717) is 0 Å². The summed E-state index contributed by atoms with van der Waals surface area (Å²) < 4.78 is 0.868. The summed E-state index contributed by atoms with van der Waals surface area (Å²) in [6.45, 7) is 0. The van der Waals surface area contributed by atoms with Crippen LogP contribution in [0.1, 0.15) is 5.56 Å². The molecule has 0 bridgehead atoms. The van der Waals surface area contributed by atoms with Crippen LogP contribution in [0.15, 0.2) is 32.6 Å². The lowest BCUT2D eigenvalue weighted by molar-refractivity contribution is 1.52. The number of halogens is 2. The number of nitrogens with zero attached hydrogens (tertiary/aromatic N) is 1. The predicted octanol–water partition coefficient (Wildman–Crippen LogP) is 4.51. The molecule has 1 nitrogen and oxygen atoms in total. The molecule has 0 saturated carbocycles. The molecule has 0 aliphatic carbocycles. The summed E-state index contributed by atoms with van der Waals surface area (Å²) in [5.74, 6) is 0. The zero-order valence-corrected chi connectivity index (χ0v) is 10.5. The number of para-hydroxylation sites is 1. The van der Waals surface area contributed by atoms with Crippen LogP contribution in [0, 0.1) is 0 Å². The zero-order valence-electron chi connectivity index (χ0n) is 6.50. The van der Waals surface area contributed by atoms with Crippen molar-refractivity contribution in [3.63, 3.8) is 0 Å². The summed E-state index contributed by atoms with van der Waals surface area (Å²) in [7, 11) is 0. The van der Waals surface area contributed by atoms with Gasteiger partial charge in [0.25, 0.3) is 0 Å². The molecule has 0 aliphatic heterocycles. The Morgan fingerprint density at radius 1 is 1.38 bits per heavy atom. The number of thiocarbonyl (C=S) groups is 1. The molecule has 0 N–H and O–H groups in total. The van der Waals surface area contributed by atoms with E-state index < -0.39 is 0 Å². The molecule has 0 saturated heterocycles. The quantitative estimate of drug-likeness (QED) is 0.577. The smallest absolute Gasteiger partial charge is 0.0812 e. The highest BCUT2D eigenvalue weighted by Gasteiger charge is 1.96. The van der Waals surface area contributed by atoms with Crippen LogP contribution in [0.25, 0.3) is 6.08 Å². The van der Waals surface area contributed by atoms with Gasteiger partial charge >= 0.3 is 0 Å². The van der Waals surface area contributed by atoms with E-state index in [1.165, 1.54) is 0 Å². The van der Waals surface area contributed by atoms with E-state index in [4.69, 9.17) is 0 Å². The summed E-state index contributed by atoms with van der Waals surface area (Å²) >= 11 is 11.1. The van der Waals surface area contributed by atoms with Crippen molar-refractivity contribution in [1.29, 1.82) is 0 Å². The summed E-state index contributed by atoms with van der Waals surface area (Å²) in [5.41, 5.74) is 1.80. The van der Waals surface area contributed by atoms with Gasteiger partial charge in [-0.1, -0.05) is 18.2 Å². The first kappa shape index (κ1) is 10.8. The van der Waals surface area contributed by atoms with Crippen LogP contribution in [-0.2, 0) is 0 Å². The number of benzene rings is 1. The molecular formula is C9H5Br2NS. The number of aliphatic imine (C=N–C) groups is 1. The van der Waals surface area contributed by atoms with Crippen molar-refractivity contribution in [1.82, 2.24) is 0 Å². The van der Waals surface area contributed by atoms with Crippen LogP contribution in [0.3, 0.4) is 0 Å². The number of hydrogen-bond acceptors (Lipinski definition) is 2. The molecule has 0 aliphatic rings. The molecule has 13 heavy (non-hydrogen) atoms. The Labute approximate surface area is 98.8 Å². The first-order valence-corrected chi connectivity index (χ1v) is 5.43. The Hall–Kier alpha value is -0.280. The van der Waals surface area contributed by atoms with Crippen molar-refractivity contribution in [2.24, 2.45) is 4.99 Å². The predicted molar refractivity (Wildman–Crippen MR) is 67.0 cm³/mol. The molecule has 0 spiro atoms. The Balaban J connectivity index is 3.19. The van der Waals surface area contributed by atoms with E-state index in [-0.39, 0.29) is 0 Å². The minimum atomic E-state index is 0.814. The fourth-order valence-electron chi connectivity index (χ4n) is 0.878. The third kappa shape index (κ3) is 3.53. The highest BCUT2D eigenvalue weighted by Crippen LogP contribution is 2.24. The Morgan fingerprint density at radius 3 is 2.69 bits per heavy atom. The Bertz CT molecular complexity index is 377. The lowest BCUT2D eigenvalue weighted by Crippen LogP contribution is -1.72. The molecular weight excluding hydrogens is 314 g/mol. The molecule has 1 rings (SSSR count). The maximum absolute atomic E-state index is 4.55. The van der Waals surface area contributed by atoms with E-state index in [9.17, 15) is 0 Å². The Morgan fingerprint density at radius 2 is 2.08 bits per heavy atom. The average molecular weight is 319 g/mol. The van der Waals surface area contributed by atoms with Crippen LogP contribution < -0.4 is 0 Å². The van der Waals surface area contributed by atoms with Crippen molar-refractivity contribution in [2.45, 2.75) is 0 Å². The molecule has 0 atom stereocenters. The van der Waals surface area contributed by atoms with E-state index in [0.717, 1.165) is 14.6 Å². The van der Waals surface area contributed by atoms with Crippen LogP contribution in [0.4, 0.5) is 5.69 Å². The third-order valence-electron chi connectivity index (χ3n) is 1.37. The average Bonchev–Trinajstić information content (AvgIpc) is 2.08. The molecule has 0 aromatic heterocycles. The standard InChI is InChI=1S/C9H5Br2NS/c10-9(11)5-7-3-1-2-4-8(7)12-6-13/h1-5H. The fraction of sp³-hybridized carbons (Fsp3) is 0. The van der Waals surface area contributed by atoms with Gasteiger partial charge in [-0.3, -0.25) is 0 Å². The second-order valence-corrected chi connectivity index (χ2v) is 5.15. The minimum Gasteiger partial charge on any atom is -0.194 e. The van der Waals surface area contributed by atoms with Gasteiger partial charge in [0.05, 0.1) is 14.2 Å². The fourth-order valence-corrected chi connectivity index (χ4v) is 1.47. The maximum Gasteiger partial charge on any atom is 0.0812 e. The lowest BCUT2D eigenvalue weighted by Gasteiger charge is -1.97. The normalized spacial score (nSPS) is 8.77. The van der Waals surface area contributed by atoms with Gasteiger partial charge in [0, 0.05) is 5.56 Å². The van der Waals surface area contributed by atoms with Crippen molar-refractivity contribution in [2.75, 3.05) is 0 Å². The van der Waals surface area contributed by atoms with Crippen molar-refractivity contribution < 1.29 is 0 Å². The molecule has 66 valence electrons. The molecule has 1 aromatic carbocycles. The van der Waals surface area contributed by atoms with Gasteiger partial charge in [-0.05, 0) is 56.2 Å². The Kier molecular flexibility index (Phi) is 4.53. The summed E-state index contributed by atoms with van der Waals surface area (Å²) in [6, 6.07) is 7.68. The highest BCUT2D eigenvalue weighted by molar-refractivity contribution is 9.28. The second kappa shape index (κ2) is 5.45. The maximum atomic E-state index is 4.55. The molecule has 0 radical (unpaired) electrons. The van der Waals surface area contributed by atoms with Gasteiger partial charge < -0.3 is 0 Å². The number of rotatable bonds is 2. The first-order valence-electron chi connectivity index (χ1n) is 3.43. The summed E-state index contributed by atoms with van der Waals surface area (Å²) in [6.07, 6.45) is 1.91. The largest absolute Gasteiger partial charge is 0.194 e. The minimum absolute atomic E-state index is 0.814. The molecule has 1 aromatic rings. The van der Waals surface area contributed by atoms with E-state index in [1.54, 1.807) is 0 Å². The van der Waals surface area contributed by atoms with Gasteiger partial charge in [0.2, 0.25) is 0 Å². The zero-order chi connectivity index (χ0) is 9.68. The van der Waals surface area contributed by atoms with Gasteiger partial charge in [0.1, 0.15) is 0 Å². The van der Waals surface area contributed by atoms with Crippen molar-refractivity contribution >= 4 is 61.0 Å². The van der Waals surface area contributed by atoms with Crippen LogP contribution in [0.2, 0.25) is 0 Å². The summed E-state index contributed by atoms with van der Waals surface area (Å²) in [4.78, 5) is 3.94. The lowest BCUT2D eigenvalue weighted by atomic mass is 10.2. The van der Waals surface area contributed by atoms with E-state index in [2.05, 4.69) is 54.2 Å². The van der Waals surface area contributed by atoms with Gasteiger partial charge in [-0.2, -0.15) is 4.99 Å². The highest BCUT2D eigenvalue weighted by atomic mass is 79.9. The molecule has 4 heteroatoms. The monoisotopic (exact) mass is 317 g/mol. The molecule has 0 heterocycles.